The van der Waals surface area contributed by atoms with Gasteiger partial charge in [0.05, 0.1) is 10.7 Å². The quantitative estimate of drug-likeness (QED) is 0.901. The van der Waals surface area contributed by atoms with Gasteiger partial charge in [0.2, 0.25) is 0 Å². The predicted molar refractivity (Wildman–Crippen MR) is 80.6 cm³/mol. The Bertz CT molecular complexity index is 397. The van der Waals surface area contributed by atoms with Gasteiger partial charge in [-0.05, 0) is 32.2 Å². The lowest BCUT2D eigenvalue weighted by Gasteiger charge is -2.23. The summed E-state index contributed by atoms with van der Waals surface area (Å²) in [4.78, 5) is 7.33. The Morgan fingerprint density at radius 2 is 2.26 bits per heavy atom. The third kappa shape index (κ3) is 4.01. The molecule has 1 atom stereocenters. The first-order valence-corrected chi connectivity index (χ1v) is 8.18. The van der Waals surface area contributed by atoms with Gasteiger partial charge >= 0.3 is 0 Å². The van der Waals surface area contributed by atoms with E-state index in [0.29, 0.717) is 12.6 Å². The van der Waals surface area contributed by atoms with Gasteiger partial charge in [-0.1, -0.05) is 20.8 Å². The Morgan fingerprint density at radius 1 is 1.47 bits per heavy atom. The molecule has 0 spiro atoms. The van der Waals surface area contributed by atoms with Gasteiger partial charge in [-0.3, -0.25) is 4.90 Å². The van der Waals surface area contributed by atoms with Gasteiger partial charge < -0.3 is 5.11 Å². The number of thiazole rings is 1. The van der Waals surface area contributed by atoms with Gasteiger partial charge in [0.25, 0.3) is 0 Å². The fourth-order valence-electron chi connectivity index (χ4n) is 2.69. The molecule has 2 heterocycles. The van der Waals surface area contributed by atoms with Gasteiger partial charge in [0.1, 0.15) is 0 Å². The SMILES string of the molecule is CC(C)(C)c1nc(CN2CCCC2CCCO)cs1. The molecule has 0 radical (unpaired) electrons. The third-order valence-electron chi connectivity index (χ3n) is 3.75. The summed E-state index contributed by atoms with van der Waals surface area (Å²) in [5.74, 6) is 0. The van der Waals surface area contributed by atoms with Crippen LogP contribution in [0.15, 0.2) is 5.38 Å². The molecule has 1 aliphatic rings. The standard InChI is InChI=1S/C15H26N2OS/c1-15(2,3)14-16-12(11-19-14)10-17-8-4-6-13(17)7-5-9-18/h11,13,18H,4-10H2,1-3H3. The van der Waals surface area contributed by atoms with Crippen LogP contribution in [0.2, 0.25) is 0 Å². The highest BCUT2D eigenvalue weighted by molar-refractivity contribution is 7.09. The van der Waals surface area contributed by atoms with E-state index in [1.54, 1.807) is 11.3 Å². The normalized spacial score (nSPS) is 21.2. The second-order valence-electron chi connectivity index (χ2n) is 6.53. The first-order chi connectivity index (χ1) is 9.00. The highest BCUT2D eigenvalue weighted by Gasteiger charge is 2.25. The topological polar surface area (TPSA) is 36.4 Å². The summed E-state index contributed by atoms with van der Waals surface area (Å²) in [5, 5.41) is 12.4. The fraction of sp³-hybridized carbons (Fsp3) is 0.800. The molecule has 1 fully saturated rings. The molecule has 1 unspecified atom stereocenters. The molecule has 0 saturated carbocycles. The van der Waals surface area contributed by atoms with Crippen LogP contribution in [0.3, 0.4) is 0 Å². The Balaban J connectivity index is 1.94. The second kappa shape index (κ2) is 6.33. The molecular formula is C15H26N2OS. The maximum atomic E-state index is 8.97. The summed E-state index contributed by atoms with van der Waals surface area (Å²) in [6.07, 6.45) is 4.60. The largest absolute Gasteiger partial charge is 0.396 e. The summed E-state index contributed by atoms with van der Waals surface area (Å²) in [6, 6.07) is 0.645. The number of aromatic nitrogens is 1. The molecule has 4 heteroatoms. The Morgan fingerprint density at radius 3 is 2.89 bits per heavy atom. The smallest absolute Gasteiger partial charge is 0.0982 e. The molecule has 0 aromatic carbocycles. The number of aliphatic hydroxyl groups excluding tert-OH is 1. The van der Waals surface area contributed by atoms with Crippen molar-refractivity contribution in [2.75, 3.05) is 13.2 Å². The summed E-state index contributed by atoms with van der Waals surface area (Å²) in [5.41, 5.74) is 1.37. The van der Waals surface area contributed by atoms with E-state index in [0.717, 1.165) is 19.4 Å². The minimum Gasteiger partial charge on any atom is -0.396 e. The summed E-state index contributed by atoms with van der Waals surface area (Å²) in [6.45, 7) is 9.12. The number of hydrogen-bond donors (Lipinski definition) is 1. The van der Waals surface area contributed by atoms with Crippen LogP contribution in [-0.4, -0.2) is 34.2 Å². The molecule has 1 aliphatic heterocycles. The summed E-state index contributed by atoms with van der Waals surface area (Å²) >= 11 is 1.78. The lowest BCUT2D eigenvalue weighted by molar-refractivity contribution is 0.208. The van der Waals surface area contributed by atoms with Crippen LogP contribution in [0.5, 0.6) is 0 Å². The third-order valence-corrected chi connectivity index (χ3v) is 5.07. The van der Waals surface area contributed by atoms with Crippen molar-refractivity contribution in [1.82, 2.24) is 9.88 Å². The van der Waals surface area contributed by atoms with Gasteiger partial charge in [0.15, 0.2) is 0 Å². The molecule has 108 valence electrons. The van der Waals surface area contributed by atoms with E-state index in [1.165, 1.54) is 30.1 Å². The van der Waals surface area contributed by atoms with Crippen LogP contribution in [0.25, 0.3) is 0 Å². The number of rotatable bonds is 5. The minimum atomic E-state index is 0.157. The van der Waals surface area contributed by atoms with Crippen molar-refractivity contribution >= 4 is 11.3 Å². The van der Waals surface area contributed by atoms with Crippen molar-refractivity contribution in [3.05, 3.63) is 16.1 Å². The number of hydrogen-bond acceptors (Lipinski definition) is 4. The number of nitrogens with zero attached hydrogens (tertiary/aromatic N) is 2. The Hall–Kier alpha value is -0.450. The van der Waals surface area contributed by atoms with Gasteiger partial charge in [-0.15, -0.1) is 11.3 Å². The lowest BCUT2D eigenvalue weighted by atomic mass is 9.98. The monoisotopic (exact) mass is 282 g/mol. The van der Waals surface area contributed by atoms with Crippen LogP contribution in [0.1, 0.15) is 57.2 Å². The number of aliphatic hydroxyl groups is 1. The summed E-state index contributed by atoms with van der Waals surface area (Å²) < 4.78 is 0. The van der Waals surface area contributed by atoms with Gasteiger partial charge in [-0.25, -0.2) is 4.98 Å². The van der Waals surface area contributed by atoms with Crippen molar-refractivity contribution in [2.45, 2.75) is 64.5 Å². The molecule has 1 N–H and O–H groups in total. The number of likely N-dealkylation sites (tertiary alicyclic amines) is 1. The predicted octanol–water partition coefficient (Wildman–Crippen LogP) is 3.18. The van der Waals surface area contributed by atoms with E-state index in [4.69, 9.17) is 10.1 Å². The van der Waals surface area contributed by atoms with Crippen LogP contribution < -0.4 is 0 Å². The fourth-order valence-corrected chi connectivity index (χ4v) is 3.59. The van der Waals surface area contributed by atoms with E-state index in [1.807, 2.05) is 0 Å². The van der Waals surface area contributed by atoms with E-state index in [-0.39, 0.29) is 5.41 Å². The van der Waals surface area contributed by atoms with Gasteiger partial charge in [-0.2, -0.15) is 0 Å². The molecule has 2 rings (SSSR count). The average molecular weight is 282 g/mol. The van der Waals surface area contributed by atoms with Crippen molar-refractivity contribution in [3.63, 3.8) is 0 Å². The lowest BCUT2D eigenvalue weighted by Crippen LogP contribution is -2.29. The van der Waals surface area contributed by atoms with E-state index in [2.05, 4.69) is 31.1 Å². The van der Waals surface area contributed by atoms with E-state index >= 15 is 0 Å². The molecule has 1 aromatic heterocycles. The summed E-state index contributed by atoms with van der Waals surface area (Å²) in [7, 11) is 0. The zero-order valence-electron chi connectivity index (χ0n) is 12.4. The zero-order chi connectivity index (χ0) is 13.9. The van der Waals surface area contributed by atoms with Crippen molar-refractivity contribution in [1.29, 1.82) is 0 Å². The van der Waals surface area contributed by atoms with Crippen molar-refractivity contribution in [3.8, 4) is 0 Å². The van der Waals surface area contributed by atoms with Crippen LogP contribution in [-0.2, 0) is 12.0 Å². The molecule has 1 aromatic rings. The second-order valence-corrected chi connectivity index (χ2v) is 7.38. The molecular weight excluding hydrogens is 256 g/mol. The van der Waals surface area contributed by atoms with Gasteiger partial charge in [0, 0.05) is 30.0 Å². The first-order valence-electron chi connectivity index (χ1n) is 7.30. The van der Waals surface area contributed by atoms with Crippen LogP contribution in [0.4, 0.5) is 0 Å². The molecule has 1 saturated heterocycles. The molecule has 0 bridgehead atoms. The zero-order valence-corrected chi connectivity index (χ0v) is 13.2. The Kier molecular flexibility index (Phi) is 4.98. The molecule has 0 aliphatic carbocycles. The minimum absolute atomic E-state index is 0.157. The molecule has 3 nitrogen and oxygen atoms in total. The van der Waals surface area contributed by atoms with Crippen LogP contribution in [0, 0.1) is 0 Å². The molecule has 0 amide bonds. The van der Waals surface area contributed by atoms with Crippen molar-refractivity contribution in [2.24, 2.45) is 0 Å². The molecule has 19 heavy (non-hydrogen) atoms. The highest BCUT2D eigenvalue weighted by atomic mass is 32.1. The van der Waals surface area contributed by atoms with E-state index < -0.39 is 0 Å². The Labute approximate surface area is 120 Å². The maximum absolute atomic E-state index is 8.97. The highest BCUT2D eigenvalue weighted by Crippen LogP contribution is 2.28. The first kappa shape index (κ1) is 14.9. The maximum Gasteiger partial charge on any atom is 0.0982 e. The van der Waals surface area contributed by atoms with E-state index in [9.17, 15) is 0 Å². The van der Waals surface area contributed by atoms with Crippen molar-refractivity contribution < 1.29 is 5.11 Å². The van der Waals surface area contributed by atoms with Crippen LogP contribution >= 0.6 is 11.3 Å². The average Bonchev–Trinajstić information content (AvgIpc) is 2.95.